The van der Waals surface area contributed by atoms with E-state index < -0.39 is 0 Å². The lowest BCUT2D eigenvalue weighted by molar-refractivity contribution is 0.0980. The van der Waals surface area contributed by atoms with E-state index in [1.807, 2.05) is 24.3 Å². The summed E-state index contributed by atoms with van der Waals surface area (Å²) >= 11 is 0. The summed E-state index contributed by atoms with van der Waals surface area (Å²) in [5.41, 5.74) is 3.37. The largest absolute Gasteiger partial charge is 0.369 e. The third kappa shape index (κ3) is 4.89. The highest BCUT2D eigenvalue weighted by atomic mass is 16.1. The minimum Gasteiger partial charge on any atom is -0.369 e. The van der Waals surface area contributed by atoms with Crippen molar-refractivity contribution in [3.63, 3.8) is 0 Å². The molecule has 184 valence electrons. The number of nitrogens with one attached hydrogen (secondary N) is 2. The highest BCUT2D eigenvalue weighted by Gasteiger charge is 2.35. The SMILES string of the molecule is CCC(Nc1ccc(NC(CC)N(CC)CC)c2c1C(=O)c1ccccc1C2=O)N(CC)CC. The molecular formula is C28H40N4O2. The lowest BCUT2D eigenvalue weighted by Gasteiger charge is -2.34. The van der Waals surface area contributed by atoms with Crippen LogP contribution in [0.2, 0.25) is 0 Å². The smallest absolute Gasteiger partial charge is 0.196 e. The lowest BCUT2D eigenvalue weighted by atomic mass is 9.82. The van der Waals surface area contributed by atoms with Crippen molar-refractivity contribution < 1.29 is 9.59 Å². The van der Waals surface area contributed by atoms with Crippen molar-refractivity contribution >= 4 is 22.9 Å². The maximum absolute atomic E-state index is 13.8. The van der Waals surface area contributed by atoms with Crippen molar-refractivity contribution in [2.75, 3.05) is 36.8 Å². The maximum atomic E-state index is 13.8. The van der Waals surface area contributed by atoms with E-state index in [4.69, 9.17) is 0 Å². The van der Waals surface area contributed by atoms with Crippen molar-refractivity contribution in [3.05, 3.63) is 58.7 Å². The summed E-state index contributed by atoms with van der Waals surface area (Å²) in [5, 5.41) is 7.19. The van der Waals surface area contributed by atoms with Crippen LogP contribution in [0, 0.1) is 0 Å². The highest BCUT2D eigenvalue weighted by molar-refractivity contribution is 6.31. The van der Waals surface area contributed by atoms with Gasteiger partial charge in [0.2, 0.25) is 0 Å². The topological polar surface area (TPSA) is 64.7 Å². The Hall–Kier alpha value is -2.70. The molecule has 0 fully saturated rings. The molecule has 6 heteroatoms. The molecule has 3 rings (SSSR count). The van der Waals surface area contributed by atoms with Crippen molar-refractivity contribution in [2.45, 2.75) is 66.7 Å². The zero-order valence-electron chi connectivity index (χ0n) is 21.6. The molecule has 1 aliphatic carbocycles. The Kier molecular flexibility index (Phi) is 8.86. The second kappa shape index (κ2) is 11.6. The third-order valence-corrected chi connectivity index (χ3v) is 7.00. The van der Waals surface area contributed by atoms with Crippen molar-refractivity contribution in [1.82, 2.24) is 9.80 Å². The predicted molar refractivity (Wildman–Crippen MR) is 141 cm³/mol. The molecule has 2 aromatic rings. The first kappa shape index (κ1) is 25.9. The number of anilines is 2. The Bertz CT molecular complexity index is 931. The number of hydrogen-bond donors (Lipinski definition) is 2. The van der Waals surface area contributed by atoms with Crippen LogP contribution in [-0.2, 0) is 0 Å². The molecule has 2 N–H and O–H groups in total. The number of nitrogens with zero attached hydrogens (tertiary/aromatic N) is 2. The molecule has 1 aliphatic rings. The first-order valence-corrected chi connectivity index (χ1v) is 12.8. The van der Waals surface area contributed by atoms with Gasteiger partial charge in [-0.25, -0.2) is 0 Å². The van der Waals surface area contributed by atoms with Gasteiger partial charge < -0.3 is 10.6 Å². The number of carbonyl (C=O) groups excluding carboxylic acids is 2. The van der Waals surface area contributed by atoms with E-state index in [9.17, 15) is 9.59 Å². The Morgan fingerprint density at radius 1 is 0.618 bits per heavy atom. The monoisotopic (exact) mass is 464 g/mol. The molecule has 0 aliphatic heterocycles. The maximum Gasteiger partial charge on any atom is 0.196 e. The summed E-state index contributed by atoms with van der Waals surface area (Å²) in [7, 11) is 0. The summed E-state index contributed by atoms with van der Waals surface area (Å²) in [6.45, 7) is 16.4. The van der Waals surface area contributed by atoms with Gasteiger partial charge in [-0.15, -0.1) is 0 Å². The van der Waals surface area contributed by atoms with Gasteiger partial charge in [-0.2, -0.15) is 0 Å². The van der Waals surface area contributed by atoms with Crippen LogP contribution in [0.25, 0.3) is 0 Å². The predicted octanol–water partition coefficient (Wildman–Crippen LogP) is 5.44. The average Bonchev–Trinajstić information content (AvgIpc) is 2.87. The average molecular weight is 465 g/mol. The molecular weight excluding hydrogens is 424 g/mol. The summed E-state index contributed by atoms with van der Waals surface area (Å²) in [4.78, 5) is 32.2. The van der Waals surface area contributed by atoms with E-state index in [2.05, 4.69) is 62.0 Å². The molecule has 0 saturated carbocycles. The van der Waals surface area contributed by atoms with Crippen LogP contribution < -0.4 is 10.6 Å². The quantitative estimate of drug-likeness (QED) is 0.348. The van der Waals surface area contributed by atoms with E-state index in [1.54, 1.807) is 12.1 Å². The van der Waals surface area contributed by atoms with Gasteiger partial charge >= 0.3 is 0 Å². The number of carbonyl (C=O) groups is 2. The molecule has 0 spiro atoms. The lowest BCUT2D eigenvalue weighted by Crippen LogP contribution is -2.41. The standard InChI is InChI=1S/C28H40N4O2/c1-7-23(31(9-3)10-4)29-21-17-18-22(30-24(8-2)32(11-5)12-6)26-25(21)27(33)19-15-13-14-16-20(19)28(26)34/h13-18,23-24,29-30H,7-12H2,1-6H3. The number of hydrogen-bond acceptors (Lipinski definition) is 6. The number of fused-ring (bicyclic) bond motifs is 2. The second-order valence-electron chi connectivity index (χ2n) is 8.69. The highest BCUT2D eigenvalue weighted by Crippen LogP contribution is 2.37. The zero-order valence-corrected chi connectivity index (χ0v) is 21.6. The molecule has 0 radical (unpaired) electrons. The fourth-order valence-electron chi connectivity index (χ4n) is 5.05. The van der Waals surface area contributed by atoms with Crippen molar-refractivity contribution in [1.29, 1.82) is 0 Å². The minimum absolute atomic E-state index is 0.0806. The Morgan fingerprint density at radius 2 is 0.971 bits per heavy atom. The van der Waals surface area contributed by atoms with E-state index in [0.717, 1.165) is 50.4 Å². The molecule has 0 amide bonds. The van der Waals surface area contributed by atoms with Gasteiger partial charge in [0.25, 0.3) is 0 Å². The zero-order chi connectivity index (χ0) is 24.8. The van der Waals surface area contributed by atoms with Crippen molar-refractivity contribution in [3.8, 4) is 0 Å². The van der Waals surface area contributed by atoms with Crippen molar-refractivity contribution in [2.24, 2.45) is 0 Å². The Labute approximate surface area is 204 Å². The third-order valence-electron chi connectivity index (χ3n) is 7.00. The molecule has 0 bridgehead atoms. The van der Waals surface area contributed by atoms with Crippen LogP contribution in [0.5, 0.6) is 0 Å². The van der Waals surface area contributed by atoms with Crippen LogP contribution in [0.4, 0.5) is 11.4 Å². The van der Waals surface area contributed by atoms with E-state index in [1.165, 1.54) is 0 Å². The van der Waals surface area contributed by atoms with Gasteiger partial charge in [-0.05, 0) is 51.2 Å². The second-order valence-corrected chi connectivity index (χ2v) is 8.69. The molecule has 2 unspecified atom stereocenters. The van der Waals surface area contributed by atoms with Crippen LogP contribution in [0.3, 0.4) is 0 Å². The Morgan fingerprint density at radius 3 is 1.26 bits per heavy atom. The normalized spacial score (nSPS) is 14.7. The van der Waals surface area contributed by atoms with Gasteiger partial charge in [0.1, 0.15) is 0 Å². The number of ketones is 2. The first-order valence-electron chi connectivity index (χ1n) is 12.8. The summed E-state index contributed by atoms with van der Waals surface area (Å²) in [6, 6.07) is 11.1. The van der Waals surface area contributed by atoms with Crippen LogP contribution in [0.1, 0.15) is 86.2 Å². The molecule has 0 aromatic heterocycles. The molecule has 0 heterocycles. The fraction of sp³-hybridized carbons (Fsp3) is 0.500. The Balaban J connectivity index is 2.14. The van der Waals surface area contributed by atoms with Gasteiger partial charge in [0.05, 0.1) is 23.5 Å². The van der Waals surface area contributed by atoms with E-state index >= 15 is 0 Å². The van der Waals surface area contributed by atoms with Gasteiger partial charge in [0, 0.05) is 22.5 Å². The van der Waals surface area contributed by atoms with Crippen LogP contribution in [-0.4, -0.2) is 59.9 Å². The summed E-state index contributed by atoms with van der Waals surface area (Å²) in [6.07, 6.45) is 1.93. The fourth-order valence-corrected chi connectivity index (χ4v) is 5.05. The molecule has 2 aromatic carbocycles. The van der Waals surface area contributed by atoms with Gasteiger partial charge in [-0.3, -0.25) is 19.4 Å². The number of benzene rings is 2. The van der Waals surface area contributed by atoms with Crippen LogP contribution >= 0.6 is 0 Å². The number of rotatable bonds is 12. The summed E-state index contributed by atoms with van der Waals surface area (Å²) in [5.74, 6) is -0.191. The summed E-state index contributed by atoms with van der Waals surface area (Å²) < 4.78 is 0. The van der Waals surface area contributed by atoms with Crippen LogP contribution in [0.15, 0.2) is 36.4 Å². The molecule has 2 atom stereocenters. The molecule has 0 saturated heterocycles. The van der Waals surface area contributed by atoms with Gasteiger partial charge in [-0.1, -0.05) is 65.8 Å². The molecule has 6 nitrogen and oxygen atoms in total. The van der Waals surface area contributed by atoms with E-state index in [-0.39, 0.29) is 23.9 Å². The minimum atomic E-state index is -0.0957. The molecule has 34 heavy (non-hydrogen) atoms. The van der Waals surface area contributed by atoms with E-state index in [0.29, 0.717) is 22.3 Å². The van der Waals surface area contributed by atoms with Gasteiger partial charge in [0.15, 0.2) is 11.6 Å². The first-order chi connectivity index (χ1) is 16.4.